The number of anilines is 1. The van der Waals surface area contributed by atoms with E-state index in [9.17, 15) is 8.42 Å². The number of piperazine rings is 1. The van der Waals surface area contributed by atoms with Crippen molar-refractivity contribution in [2.24, 2.45) is 15.9 Å². The van der Waals surface area contributed by atoms with Gasteiger partial charge in [0.1, 0.15) is 0 Å². The lowest BCUT2D eigenvalue weighted by molar-refractivity contribution is 0.378. The molecule has 0 amide bonds. The zero-order valence-corrected chi connectivity index (χ0v) is 18.7. The van der Waals surface area contributed by atoms with E-state index in [1.165, 1.54) is 6.07 Å². The molecule has 2 heterocycles. The number of hydrogen-bond donors (Lipinski definition) is 2. The molecule has 4 N–H and O–H groups in total. The van der Waals surface area contributed by atoms with Crippen LogP contribution in [0.4, 0.5) is 5.95 Å². The third kappa shape index (κ3) is 5.52. The zero-order valence-electron chi connectivity index (χ0n) is 15.5. The van der Waals surface area contributed by atoms with E-state index in [0.29, 0.717) is 12.5 Å². The molecular formula is C17H24IN7O2S. The lowest BCUT2D eigenvalue weighted by Crippen LogP contribution is -2.51. The fourth-order valence-electron chi connectivity index (χ4n) is 2.88. The predicted octanol–water partition coefficient (Wildman–Crippen LogP) is 0.687. The van der Waals surface area contributed by atoms with Crippen molar-refractivity contribution < 1.29 is 8.42 Å². The smallest absolute Gasteiger partial charge is 0.238 e. The third-order valence-corrected chi connectivity index (χ3v) is 5.40. The number of aryl methyl sites for hydroxylation is 1. The highest BCUT2D eigenvalue weighted by molar-refractivity contribution is 14.0. The average molecular weight is 517 g/mol. The fourth-order valence-corrected chi connectivity index (χ4v) is 3.48. The van der Waals surface area contributed by atoms with Crippen LogP contribution in [0.25, 0.3) is 0 Å². The van der Waals surface area contributed by atoms with Gasteiger partial charge in [0.05, 0.1) is 11.4 Å². The number of nitrogens with two attached hydrogens (primary N) is 2. The molecular weight excluding hydrogens is 493 g/mol. The Balaban J connectivity index is 0.00000280. The van der Waals surface area contributed by atoms with Crippen molar-refractivity contribution >= 4 is 45.9 Å². The van der Waals surface area contributed by atoms with E-state index < -0.39 is 10.0 Å². The average Bonchev–Trinajstić information content (AvgIpc) is 2.67. The second kappa shape index (κ2) is 9.47. The summed E-state index contributed by atoms with van der Waals surface area (Å²) in [7, 11) is -3.70. The van der Waals surface area contributed by atoms with E-state index in [1.54, 1.807) is 30.6 Å². The maximum Gasteiger partial charge on any atom is 0.238 e. The van der Waals surface area contributed by atoms with Crippen LogP contribution in [0, 0.1) is 6.92 Å². The van der Waals surface area contributed by atoms with E-state index in [-0.39, 0.29) is 28.9 Å². The Kier molecular flexibility index (Phi) is 7.55. The topological polar surface area (TPSA) is 131 Å². The van der Waals surface area contributed by atoms with Gasteiger partial charge in [-0.3, -0.25) is 0 Å². The summed E-state index contributed by atoms with van der Waals surface area (Å²) in [6.07, 6.45) is 3.46. The van der Waals surface area contributed by atoms with Crippen LogP contribution in [-0.2, 0) is 16.6 Å². The van der Waals surface area contributed by atoms with Gasteiger partial charge in [0, 0.05) is 38.6 Å². The molecule has 0 atom stereocenters. The van der Waals surface area contributed by atoms with Gasteiger partial charge in [-0.2, -0.15) is 0 Å². The number of aliphatic imine (C=N–C) groups is 1. The lowest BCUT2D eigenvalue weighted by atomic mass is 10.1. The van der Waals surface area contributed by atoms with Crippen molar-refractivity contribution in [3.05, 3.63) is 47.8 Å². The van der Waals surface area contributed by atoms with Gasteiger partial charge in [-0.1, -0.05) is 6.07 Å². The molecule has 2 aromatic rings. The second-order valence-corrected chi connectivity index (χ2v) is 7.89. The van der Waals surface area contributed by atoms with Crippen LogP contribution >= 0.6 is 24.0 Å². The summed E-state index contributed by atoms with van der Waals surface area (Å²) < 4.78 is 22.8. The van der Waals surface area contributed by atoms with E-state index in [2.05, 4.69) is 19.9 Å². The van der Waals surface area contributed by atoms with Gasteiger partial charge in [0.25, 0.3) is 0 Å². The molecule has 11 heteroatoms. The number of primary sulfonamides is 1. The summed E-state index contributed by atoms with van der Waals surface area (Å²) in [6.45, 7) is 5.21. The van der Waals surface area contributed by atoms with Crippen molar-refractivity contribution in [1.29, 1.82) is 0 Å². The number of nitrogens with zero attached hydrogens (tertiary/aromatic N) is 5. The fraction of sp³-hybridized carbons (Fsp3) is 0.353. The minimum absolute atomic E-state index is 0. The van der Waals surface area contributed by atoms with Crippen LogP contribution in [-0.4, -0.2) is 55.4 Å². The SMILES string of the molecule is Cc1cc(S(N)(=O)=O)ccc1CN=C(N)N1CCN(c2ncccn2)CC1.I. The van der Waals surface area contributed by atoms with E-state index >= 15 is 0 Å². The summed E-state index contributed by atoms with van der Waals surface area (Å²) in [5.41, 5.74) is 7.85. The highest BCUT2D eigenvalue weighted by Crippen LogP contribution is 2.16. The molecule has 0 saturated carbocycles. The molecule has 1 aromatic heterocycles. The monoisotopic (exact) mass is 517 g/mol. The number of aromatic nitrogens is 2. The number of hydrogen-bond acceptors (Lipinski definition) is 6. The highest BCUT2D eigenvalue weighted by atomic mass is 127. The molecule has 3 rings (SSSR count). The second-order valence-electron chi connectivity index (χ2n) is 6.33. The van der Waals surface area contributed by atoms with Crippen molar-refractivity contribution in [3.8, 4) is 0 Å². The minimum atomic E-state index is -3.70. The molecule has 1 saturated heterocycles. The summed E-state index contributed by atoms with van der Waals surface area (Å²) in [5.74, 6) is 1.19. The van der Waals surface area contributed by atoms with Gasteiger partial charge in [-0.15, -0.1) is 24.0 Å². The molecule has 0 aliphatic carbocycles. The van der Waals surface area contributed by atoms with Gasteiger partial charge in [-0.05, 0) is 36.2 Å². The summed E-state index contributed by atoms with van der Waals surface area (Å²) in [5, 5.41) is 5.15. The van der Waals surface area contributed by atoms with Gasteiger partial charge in [0.15, 0.2) is 5.96 Å². The first-order chi connectivity index (χ1) is 12.8. The largest absolute Gasteiger partial charge is 0.370 e. The zero-order chi connectivity index (χ0) is 19.4. The quantitative estimate of drug-likeness (QED) is 0.347. The van der Waals surface area contributed by atoms with Crippen LogP contribution < -0.4 is 15.8 Å². The van der Waals surface area contributed by atoms with Gasteiger partial charge in [0.2, 0.25) is 16.0 Å². The first-order valence-corrected chi connectivity index (χ1v) is 10.1. The Hall–Kier alpha value is -1.99. The number of sulfonamides is 1. The highest BCUT2D eigenvalue weighted by Gasteiger charge is 2.20. The van der Waals surface area contributed by atoms with E-state index in [1.807, 2.05) is 11.8 Å². The Morgan fingerprint density at radius 2 is 1.82 bits per heavy atom. The standard InChI is InChI=1S/C17H23N7O2S.HI/c1-13-11-15(27(19,25)26)4-3-14(13)12-22-16(18)23-7-9-24(10-8-23)17-20-5-2-6-21-17;/h2-6,11H,7-10,12H2,1H3,(H2,18,22)(H2,19,25,26);1H. The third-order valence-electron chi connectivity index (χ3n) is 4.49. The van der Waals surface area contributed by atoms with Crippen LogP contribution in [0.3, 0.4) is 0 Å². The molecule has 0 radical (unpaired) electrons. The minimum Gasteiger partial charge on any atom is -0.370 e. The summed E-state index contributed by atoms with van der Waals surface area (Å²) in [6, 6.07) is 6.55. The number of halogens is 1. The maximum atomic E-state index is 11.4. The molecule has 1 aromatic carbocycles. The molecule has 0 unspecified atom stereocenters. The summed E-state index contributed by atoms with van der Waals surface area (Å²) >= 11 is 0. The maximum absolute atomic E-state index is 11.4. The lowest BCUT2D eigenvalue weighted by Gasteiger charge is -2.35. The van der Waals surface area contributed by atoms with Gasteiger partial charge < -0.3 is 15.5 Å². The van der Waals surface area contributed by atoms with Crippen molar-refractivity contribution in [2.45, 2.75) is 18.4 Å². The molecule has 28 heavy (non-hydrogen) atoms. The van der Waals surface area contributed by atoms with Crippen molar-refractivity contribution in [1.82, 2.24) is 14.9 Å². The van der Waals surface area contributed by atoms with Gasteiger partial charge >= 0.3 is 0 Å². The molecule has 1 aliphatic rings. The molecule has 1 fully saturated rings. The molecule has 1 aliphatic heterocycles. The Morgan fingerprint density at radius 1 is 1.18 bits per heavy atom. The van der Waals surface area contributed by atoms with Gasteiger partial charge in [-0.25, -0.2) is 28.5 Å². The Morgan fingerprint density at radius 3 is 2.39 bits per heavy atom. The normalized spacial score (nSPS) is 15.3. The summed E-state index contributed by atoms with van der Waals surface area (Å²) in [4.78, 5) is 17.2. The van der Waals surface area contributed by atoms with Crippen molar-refractivity contribution in [3.63, 3.8) is 0 Å². The van der Waals surface area contributed by atoms with Crippen molar-refractivity contribution in [2.75, 3.05) is 31.1 Å². The molecule has 152 valence electrons. The van der Waals surface area contributed by atoms with Crippen LogP contribution in [0.1, 0.15) is 11.1 Å². The van der Waals surface area contributed by atoms with E-state index in [0.717, 1.165) is 43.3 Å². The van der Waals surface area contributed by atoms with Crippen LogP contribution in [0.15, 0.2) is 46.5 Å². The van der Waals surface area contributed by atoms with E-state index in [4.69, 9.17) is 10.9 Å². The van der Waals surface area contributed by atoms with Crippen LogP contribution in [0.2, 0.25) is 0 Å². The number of guanidine groups is 1. The molecule has 9 nitrogen and oxygen atoms in total. The molecule has 0 bridgehead atoms. The van der Waals surface area contributed by atoms with Crippen LogP contribution in [0.5, 0.6) is 0 Å². The predicted molar refractivity (Wildman–Crippen MR) is 119 cm³/mol. The first kappa shape index (κ1) is 22.3. The Bertz CT molecular complexity index is 930. The first-order valence-electron chi connectivity index (χ1n) is 8.54. The number of rotatable bonds is 4. The Labute approximate surface area is 181 Å². The molecule has 0 spiro atoms. The number of benzene rings is 1.